The molecule has 18 heavy (non-hydrogen) atoms. The first-order chi connectivity index (χ1) is 8.67. The van der Waals surface area contributed by atoms with Gasteiger partial charge in [0.15, 0.2) is 0 Å². The molecule has 3 N–H and O–H groups in total. The van der Waals surface area contributed by atoms with Crippen LogP contribution in [0.3, 0.4) is 0 Å². The molecule has 1 aromatic carbocycles. The molecular weight excluding hydrogens is 228 g/mol. The molecular formula is C14H22N2O2. The maximum Gasteiger partial charge on any atom is 0.251 e. The van der Waals surface area contributed by atoms with Gasteiger partial charge in [-0.25, -0.2) is 0 Å². The van der Waals surface area contributed by atoms with Crippen LogP contribution >= 0.6 is 0 Å². The zero-order chi connectivity index (χ0) is 13.4. The van der Waals surface area contributed by atoms with E-state index in [-0.39, 0.29) is 11.9 Å². The van der Waals surface area contributed by atoms with Crippen molar-refractivity contribution in [2.45, 2.75) is 32.7 Å². The molecule has 0 heterocycles. The van der Waals surface area contributed by atoms with Crippen LogP contribution in [-0.2, 0) is 0 Å². The highest BCUT2D eigenvalue weighted by molar-refractivity contribution is 5.94. The van der Waals surface area contributed by atoms with Crippen molar-refractivity contribution in [1.29, 1.82) is 0 Å². The highest BCUT2D eigenvalue weighted by Crippen LogP contribution is 2.12. The smallest absolute Gasteiger partial charge is 0.251 e. The number of carbonyl (C=O) groups excluding carboxylic acids is 1. The fourth-order valence-corrected chi connectivity index (χ4v) is 1.40. The molecule has 4 nitrogen and oxygen atoms in total. The van der Waals surface area contributed by atoms with Crippen LogP contribution in [0, 0.1) is 0 Å². The summed E-state index contributed by atoms with van der Waals surface area (Å²) in [6.07, 6.45) is 2.15. The third kappa shape index (κ3) is 4.75. The summed E-state index contributed by atoms with van der Waals surface area (Å²) in [4.78, 5) is 11.8. The lowest BCUT2D eigenvalue weighted by Gasteiger charge is -2.11. The maximum absolute atomic E-state index is 11.8. The van der Waals surface area contributed by atoms with E-state index in [4.69, 9.17) is 10.5 Å². The molecule has 1 atom stereocenters. The zero-order valence-electron chi connectivity index (χ0n) is 11.1. The minimum absolute atomic E-state index is 0.0158. The predicted octanol–water partition coefficient (Wildman–Crippen LogP) is 1.94. The second-order valence-electron chi connectivity index (χ2n) is 4.34. The molecule has 0 aliphatic rings. The van der Waals surface area contributed by atoms with E-state index < -0.39 is 0 Å². The van der Waals surface area contributed by atoms with Crippen molar-refractivity contribution in [3.05, 3.63) is 29.8 Å². The van der Waals surface area contributed by atoms with Crippen molar-refractivity contribution in [2.24, 2.45) is 5.73 Å². The molecule has 0 aromatic heterocycles. The van der Waals surface area contributed by atoms with Crippen LogP contribution in [0.5, 0.6) is 5.75 Å². The summed E-state index contributed by atoms with van der Waals surface area (Å²) in [6.45, 7) is 5.14. The standard InChI is InChI=1S/C14H22N2O2/c1-3-4-9-18-13-7-5-12(6-8-13)14(17)16-11(2)10-15/h5-8,11H,3-4,9-10,15H2,1-2H3,(H,16,17)/t11-/m0/s1. The molecule has 1 rings (SSSR count). The quantitative estimate of drug-likeness (QED) is 0.727. The minimum Gasteiger partial charge on any atom is -0.494 e. The number of hydrogen-bond acceptors (Lipinski definition) is 3. The molecule has 4 heteroatoms. The Balaban J connectivity index is 2.51. The Morgan fingerprint density at radius 3 is 2.61 bits per heavy atom. The van der Waals surface area contributed by atoms with Gasteiger partial charge in [0.25, 0.3) is 5.91 Å². The number of nitrogens with two attached hydrogens (primary N) is 1. The molecule has 0 bridgehead atoms. The first-order valence-corrected chi connectivity index (χ1v) is 6.41. The van der Waals surface area contributed by atoms with E-state index in [9.17, 15) is 4.79 Å². The molecule has 100 valence electrons. The Bertz CT molecular complexity index is 363. The number of unbranched alkanes of at least 4 members (excludes halogenated alkanes) is 1. The summed E-state index contributed by atoms with van der Waals surface area (Å²) in [7, 11) is 0. The zero-order valence-corrected chi connectivity index (χ0v) is 11.1. The fraction of sp³-hybridized carbons (Fsp3) is 0.500. The van der Waals surface area contributed by atoms with Crippen LogP contribution < -0.4 is 15.8 Å². The van der Waals surface area contributed by atoms with Gasteiger partial charge in [-0.3, -0.25) is 4.79 Å². The van der Waals surface area contributed by atoms with Crippen molar-refractivity contribution >= 4 is 5.91 Å². The monoisotopic (exact) mass is 250 g/mol. The van der Waals surface area contributed by atoms with Crippen LogP contribution in [0.25, 0.3) is 0 Å². The first-order valence-electron chi connectivity index (χ1n) is 6.41. The molecule has 0 unspecified atom stereocenters. The SMILES string of the molecule is CCCCOc1ccc(C(=O)N[C@@H](C)CN)cc1. The maximum atomic E-state index is 11.8. The second kappa shape index (κ2) is 7.71. The van der Waals surface area contributed by atoms with Gasteiger partial charge in [-0.05, 0) is 37.6 Å². The summed E-state index contributed by atoms with van der Waals surface area (Å²) in [6, 6.07) is 7.15. The lowest BCUT2D eigenvalue weighted by atomic mass is 10.2. The molecule has 1 aromatic rings. The van der Waals surface area contributed by atoms with Gasteiger partial charge in [0.1, 0.15) is 5.75 Å². The molecule has 1 amide bonds. The molecule has 0 fully saturated rings. The Morgan fingerprint density at radius 1 is 1.39 bits per heavy atom. The number of benzene rings is 1. The van der Waals surface area contributed by atoms with Crippen LogP contribution in [-0.4, -0.2) is 25.1 Å². The van der Waals surface area contributed by atoms with Gasteiger partial charge >= 0.3 is 0 Å². The number of carbonyl (C=O) groups is 1. The Morgan fingerprint density at radius 2 is 2.06 bits per heavy atom. The summed E-state index contributed by atoms with van der Waals surface area (Å²) < 4.78 is 5.53. The molecule has 0 aliphatic heterocycles. The summed E-state index contributed by atoms with van der Waals surface area (Å²) in [5, 5.41) is 2.81. The van der Waals surface area contributed by atoms with E-state index in [1.165, 1.54) is 0 Å². The van der Waals surface area contributed by atoms with Gasteiger partial charge < -0.3 is 15.8 Å². The van der Waals surface area contributed by atoms with Gasteiger partial charge in [-0.1, -0.05) is 13.3 Å². The van der Waals surface area contributed by atoms with Crippen molar-refractivity contribution in [3.8, 4) is 5.75 Å². The fourth-order valence-electron chi connectivity index (χ4n) is 1.40. The van der Waals surface area contributed by atoms with E-state index in [1.54, 1.807) is 12.1 Å². The van der Waals surface area contributed by atoms with Crippen LogP contribution in [0.4, 0.5) is 0 Å². The van der Waals surface area contributed by atoms with Crippen molar-refractivity contribution in [1.82, 2.24) is 5.32 Å². The lowest BCUT2D eigenvalue weighted by Crippen LogP contribution is -2.37. The highest BCUT2D eigenvalue weighted by Gasteiger charge is 2.08. The van der Waals surface area contributed by atoms with Gasteiger partial charge in [-0.15, -0.1) is 0 Å². The Kier molecular flexibility index (Phi) is 6.22. The van der Waals surface area contributed by atoms with E-state index in [0.29, 0.717) is 18.7 Å². The third-order valence-electron chi connectivity index (χ3n) is 2.61. The predicted molar refractivity (Wildman–Crippen MR) is 72.8 cm³/mol. The molecule has 0 radical (unpaired) electrons. The molecule has 0 spiro atoms. The number of ether oxygens (including phenoxy) is 1. The Hall–Kier alpha value is -1.55. The van der Waals surface area contributed by atoms with Gasteiger partial charge in [0, 0.05) is 18.2 Å². The molecule has 0 aliphatic carbocycles. The summed E-state index contributed by atoms with van der Waals surface area (Å²) >= 11 is 0. The van der Waals surface area contributed by atoms with Crippen molar-refractivity contribution < 1.29 is 9.53 Å². The molecule has 0 saturated heterocycles. The van der Waals surface area contributed by atoms with Crippen molar-refractivity contribution in [2.75, 3.05) is 13.2 Å². The topological polar surface area (TPSA) is 64.3 Å². The number of hydrogen-bond donors (Lipinski definition) is 2. The van der Waals surface area contributed by atoms with Gasteiger partial charge in [0.05, 0.1) is 6.61 Å². The lowest BCUT2D eigenvalue weighted by molar-refractivity contribution is 0.0941. The number of rotatable bonds is 7. The summed E-state index contributed by atoms with van der Waals surface area (Å²) in [5.41, 5.74) is 6.08. The average molecular weight is 250 g/mol. The number of amides is 1. The Labute approximate surface area is 109 Å². The normalized spacial score (nSPS) is 11.9. The molecule has 0 saturated carbocycles. The first kappa shape index (κ1) is 14.5. The minimum atomic E-state index is -0.104. The highest BCUT2D eigenvalue weighted by atomic mass is 16.5. The van der Waals surface area contributed by atoms with E-state index in [2.05, 4.69) is 12.2 Å². The van der Waals surface area contributed by atoms with E-state index in [1.807, 2.05) is 19.1 Å². The van der Waals surface area contributed by atoms with Gasteiger partial charge in [0.2, 0.25) is 0 Å². The van der Waals surface area contributed by atoms with E-state index >= 15 is 0 Å². The van der Waals surface area contributed by atoms with E-state index in [0.717, 1.165) is 18.6 Å². The third-order valence-corrected chi connectivity index (χ3v) is 2.61. The second-order valence-corrected chi connectivity index (χ2v) is 4.34. The van der Waals surface area contributed by atoms with Crippen LogP contribution in [0.2, 0.25) is 0 Å². The summed E-state index contributed by atoms with van der Waals surface area (Å²) in [5.74, 6) is 0.694. The average Bonchev–Trinajstić information content (AvgIpc) is 2.39. The van der Waals surface area contributed by atoms with Crippen molar-refractivity contribution in [3.63, 3.8) is 0 Å². The van der Waals surface area contributed by atoms with Gasteiger partial charge in [-0.2, -0.15) is 0 Å². The van der Waals surface area contributed by atoms with Crippen LogP contribution in [0.15, 0.2) is 24.3 Å². The number of nitrogens with one attached hydrogen (secondary N) is 1. The van der Waals surface area contributed by atoms with Crippen LogP contribution in [0.1, 0.15) is 37.0 Å². The largest absolute Gasteiger partial charge is 0.494 e.